The fourth-order valence-electron chi connectivity index (χ4n) is 5.57. The number of hydrogen-bond donors (Lipinski definition) is 2. The van der Waals surface area contributed by atoms with Crippen molar-refractivity contribution in [1.29, 1.82) is 0 Å². The van der Waals surface area contributed by atoms with Crippen LogP contribution in [0.1, 0.15) is 28.9 Å². The van der Waals surface area contributed by atoms with Gasteiger partial charge in [-0.2, -0.15) is 0 Å². The molecule has 2 N–H and O–H groups in total. The minimum atomic E-state index is -1.38. The van der Waals surface area contributed by atoms with E-state index in [1.807, 2.05) is 103 Å². The molecule has 0 aromatic heterocycles. The Hall–Kier alpha value is -4.52. The van der Waals surface area contributed by atoms with Crippen LogP contribution in [0.3, 0.4) is 0 Å². The van der Waals surface area contributed by atoms with Crippen LogP contribution < -0.4 is 0 Å². The number of imide groups is 1. The number of amides is 2. The van der Waals surface area contributed by atoms with Crippen LogP contribution in [0.4, 0.5) is 4.79 Å². The van der Waals surface area contributed by atoms with Crippen molar-refractivity contribution in [3.05, 3.63) is 132 Å². The lowest BCUT2D eigenvalue weighted by Gasteiger charge is -2.31. The highest BCUT2D eigenvalue weighted by Gasteiger charge is 2.46. The summed E-state index contributed by atoms with van der Waals surface area (Å²) in [6.45, 7) is 0.0460. The van der Waals surface area contributed by atoms with E-state index in [1.165, 1.54) is 0 Å². The molecule has 6 rings (SSSR count). The molecule has 0 unspecified atom stereocenters. The zero-order chi connectivity index (χ0) is 27.6. The molecule has 5 aromatic carbocycles. The molecular weight excluding hydrogens is 502 g/mol. The normalized spacial score (nSPS) is 16.8. The van der Waals surface area contributed by atoms with Gasteiger partial charge in [-0.1, -0.05) is 103 Å². The third-order valence-corrected chi connectivity index (χ3v) is 7.71. The van der Waals surface area contributed by atoms with Crippen molar-refractivity contribution in [1.82, 2.24) is 4.90 Å². The standard InChI is InChI=1S/C34H29NO5/c36-31(27-16-14-23-10-4-6-12-25(23)19-27)30(32(37)28-17-15-24-11-5-7-13-26(24)20-28)33(38)35-29(21-40-34(35)39)18-22-8-2-1-3-9-22/h1-17,19-20,29-32,36-37H,18,21H2/t29-,31+,32+/m0/s1. The molecule has 0 spiro atoms. The lowest BCUT2D eigenvalue weighted by atomic mass is 9.84. The van der Waals surface area contributed by atoms with Gasteiger partial charge in [0, 0.05) is 0 Å². The van der Waals surface area contributed by atoms with Crippen LogP contribution in [0.25, 0.3) is 21.5 Å². The fraction of sp³-hybridized carbons (Fsp3) is 0.176. The average molecular weight is 532 g/mol. The number of rotatable bonds is 7. The summed E-state index contributed by atoms with van der Waals surface area (Å²) in [5.74, 6) is -2.03. The predicted molar refractivity (Wildman–Crippen MR) is 153 cm³/mol. The van der Waals surface area contributed by atoms with Gasteiger partial charge in [0.2, 0.25) is 5.91 Å². The van der Waals surface area contributed by atoms with E-state index in [0.717, 1.165) is 32.0 Å². The maximum Gasteiger partial charge on any atom is 0.416 e. The number of benzene rings is 5. The highest BCUT2D eigenvalue weighted by Crippen LogP contribution is 2.38. The number of fused-ring (bicyclic) bond motifs is 2. The third-order valence-electron chi connectivity index (χ3n) is 7.71. The van der Waals surface area contributed by atoms with Gasteiger partial charge in [0.25, 0.3) is 0 Å². The molecular formula is C34H29NO5. The molecule has 1 heterocycles. The summed E-state index contributed by atoms with van der Waals surface area (Å²) < 4.78 is 5.31. The largest absolute Gasteiger partial charge is 0.447 e. The van der Waals surface area contributed by atoms with E-state index in [-0.39, 0.29) is 6.61 Å². The minimum Gasteiger partial charge on any atom is -0.447 e. The summed E-state index contributed by atoms with van der Waals surface area (Å²) in [4.78, 5) is 28.2. The zero-order valence-electron chi connectivity index (χ0n) is 21.8. The fourth-order valence-corrected chi connectivity index (χ4v) is 5.57. The lowest BCUT2D eigenvalue weighted by molar-refractivity contribution is -0.143. The van der Waals surface area contributed by atoms with Crippen LogP contribution >= 0.6 is 0 Å². The molecule has 1 aliphatic heterocycles. The van der Waals surface area contributed by atoms with Gasteiger partial charge in [0.15, 0.2) is 0 Å². The van der Waals surface area contributed by atoms with E-state index in [9.17, 15) is 19.8 Å². The van der Waals surface area contributed by atoms with Crippen molar-refractivity contribution in [3.63, 3.8) is 0 Å². The smallest absolute Gasteiger partial charge is 0.416 e. The Bertz CT molecular complexity index is 1600. The molecule has 40 heavy (non-hydrogen) atoms. The highest BCUT2D eigenvalue weighted by atomic mass is 16.6. The number of carbonyl (C=O) groups is 2. The van der Waals surface area contributed by atoms with E-state index in [0.29, 0.717) is 17.5 Å². The molecule has 5 aromatic rings. The van der Waals surface area contributed by atoms with Crippen LogP contribution in [0.5, 0.6) is 0 Å². The van der Waals surface area contributed by atoms with Gasteiger partial charge in [-0.3, -0.25) is 4.79 Å². The Morgan fingerprint density at radius 2 is 1.23 bits per heavy atom. The van der Waals surface area contributed by atoms with Gasteiger partial charge in [0.05, 0.1) is 24.2 Å². The molecule has 200 valence electrons. The predicted octanol–water partition coefficient (Wildman–Crippen LogP) is 5.97. The molecule has 1 aliphatic rings. The summed E-state index contributed by atoms with van der Waals surface area (Å²) in [5.41, 5.74) is 1.90. The van der Waals surface area contributed by atoms with Crippen molar-refractivity contribution in [3.8, 4) is 0 Å². The second-order valence-corrected chi connectivity index (χ2v) is 10.3. The Labute approximate surface area is 232 Å². The van der Waals surface area contributed by atoms with Gasteiger partial charge in [-0.15, -0.1) is 0 Å². The Kier molecular flexibility index (Phi) is 7.03. The van der Waals surface area contributed by atoms with Gasteiger partial charge in [0.1, 0.15) is 6.61 Å². The van der Waals surface area contributed by atoms with Crippen molar-refractivity contribution in [2.75, 3.05) is 6.61 Å². The van der Waals surface area contributed by atoms with Crippen LogP contribution in [0.15, 0.2) is 115 Å². The Balaban J connectivity index is 1.40. The first kappa shape index (κ1) is 25.7. The summed E-state index contributed by atoms with van der Waals surface area (Å²) in [6.07, 6.45) is -3.13. The first-order valence-corrected chi connectivity index (χ1v) is 13.4. The number of carbonyl (C=O) groups excluding carboxylic acids is 2. The number of hydrogen-bond acceptors (Lipinski definition) is 5. The molecule has 0 aliphatic carbocycles. The second-order valence-electron chi connectivity index (χ2n) is 10.3. The number of ether oxygens (including phenoxy) is 1. The van der Waals surface area contributed by atoms with Crippen LogP contribution in [-0.4, -0.2) is 39.8 Å². The molecule has 0 saturated carbocycles. The topological polar surface area (TPSA) is 87.1 Å². The molecule has 2 amide bonds. The van der Waals surface area contributed by atoms with Crippen molar-refractivity contribution in [2.45, 2.75) is 24.7 Å². The zero-order valence-corrected chi connectivity index (χ0v) is 21.8. The molecule has 3 atom stereocenters. The average Bonchev–Trinajstić information content (AvgIpc) is 3.36. The summed E-state index contributed by atoms with van der Waals surface area (Å²) in [7, 11) is 0. The first-order valence-electron chi connectivity index (χ1n) is 13.4. The summed E-state index contributed by atoms with van der Waals surface area (Å²) in [6, 6.07) is 35.3. The van der Waals surface area contributed by atoms with Crippen molar-refractivity contribution < 1.29 is 24.5 Å². The molecule has 1 fully saturated rings. The maximum absolute atomic E-state index is 14.2. The van der Waals surface area contributed by atoms with Gasteiger partial charge in [-0.05, 0) is 56.8 Å². The lowest BCUT2D eigenvalue weighted by Crippen LogP contribution is -2.46. The van der Waals surface area contributed by atoms with Crippen molar-refractivity contribution in [2.24, 2.45) is 5.92 Å². The van der Waals surface area contributed by atoms with Gasteiger partial charge >= 0.3 is 6.09 Å². The van der Waals surface area contributed by atoms with Crippen LogP contribution in [0.2, 0.25) is 0 Å². The third kappa shape index (κ3) is 4.95. The van der Waals surface area contributed by atoms with Crippen molar-refractivity contribution >= 4 is 33.5 Å². The van der Waals surface area contributed by atoms with Gasteiger partial charge < -0.3 is 14.9 Å². The molecule has 0 radical (unpaired) electrons. The highest BCUT2D eigenvalue weighted by molar-refractivity contribution is 5.96. The van der Waals surface area contributed by atoms with E-state index in [2.05, 4.69) is 0 Å². The molecule has 6 nitrogen and oxygen atoms in total. The summed E-state index contributed by atoms with van der Waals surface area (Å²) in [5, 5.41) is 27.2. The molecule has 0 bridgehead atoms. The monoisotopic (exact) mass is 531 g/mol. The number of nitrogens with zero attached hydrogens (tertiary/aromatic N) is 1. The first-order chi connectivity index (χ1) is 19.5. The number of cyclic esters (lactones) is 1. The van der Waals surface area contributed by atoms with E-state index in [4.69, 9.17) is 4.74 Å². The second kappa shape index (κ2) is 10.9. The summed E-state index contributed by atoms with van der Waals surface area (Å²) >= 11 is 0. The maximum atomic E-state index is 14.2. The quantitative estimate of drug-likeness (QED) is 0.270. The van der Waals surface area contributed by atoms with E-state index >= 15 is 0 Å². The Morgan fingerprint density at radius 3 is 1.77 bits per heavy atom. The van der Waals surface area contributed by atoms with Crippen LogP contribution in [-0.2, 0) is 16.0 Å². The van der Waals surface area contributed by atoms with Crippen LogP contribution in [0, 0.1) is 5.92 Å². The molecule has 1 saturated heterocycles. The van der Waals surface area contributed by atoms with E-state index < -0.39 is 36.2 Å². The van der Waals surface area contributed by atoms with E-state index in [1.54, 1.807) is 12.1 Å². The number of aliphatic hydroxyl groups excluding tert-OH is 2. The SMILES string of the molecule is O=C1OC[C@H](Cc2ccccc2)N1C(=O)C([C@H](O)c1ccc2ccccc2c1)[C@H](O)c1ccc2ccccc2c1. The molecule has 6 heteroatoms. The van der Waals surface area contributed by atoms with Gasteiger partial charge in [-0.25, -0.2) is 9.69 Å². The Morgan fingerprint density at radius 1 is 0.725 bits per heavy atom. The minimum absolute atomic E-state index is 0.0460. The number of aliphatic hydroxyl groups is 2.